The third-order valence-corrected chi connectivity index (χ3v) is 1.80. The minimum Gasteiger partial charge on any atom is -0.313 e. The molecule has 2 amide bonds. The van der Waals surface area contributed by atoms with Crippen molar-refractivity contribution in [3.8, 4) is 0 Å². The molecule has 0 fully saturated rings. The van der Waals surface area contributed by atoms with Crippen LogP contribution in [0.1, 0.15) is 0 Å². The summed E-state index contributed by atoms with van der Waals surface area (Å²) in [6.07, 6.45) is 0.831. The quantitative estimate of drug-likeness (QED) is 0.485. The monoisotopic (exact) mass is 164 g/mol. The van der Waals surface area contributed by atoms with Gasteiger partial charge in [0.1, 0.15) is 0 Å². The molecule has 56 valence electrons. The van der Waals surface area contributed by atoms with Gasteiger partial charge in [-0.15, -0.1) is 0 Å². The average molecular weight is 164 g/mol. The summed E-state index contributed by atoms with van der Waals surface area (Å²) in [4.78, 5) is 13.3. The lowest BCUT2D eigenvalue weighted by Crippen LogP contribution is -2.34. The van der Waals surface area contributed by atoms with Crippen molar-refractivity contribution < 1.29 is 17.8 Å². The molecule has 0 aromatic rings. The molecular weight excluding hydrogens is 160 g/mol. The van der Waals surface area contributed by atoms with Gasteiger partial charge in [0.15, 0.2) is 5.37 Å². The fraction of sp³-hybridized carbons (Fsp3) is 0.333. The zero-order valence-corrected chi connectivity index (χ0v) is 5.50. The van der Waals surface area contributed by atoms with Crippen LogP contribution in [0.15, 0.2) is 4.99 Å². The van der Waals surface area contributed by atoms with Gasteiger partial charge in [-0.05, 0) is 0 Å². The molecule has 1 heterocycles. The number of aliphatic imine (C=N–C) groups is 1. The Morgan fingerprint density at radius 2 is 2.30 bits per heavy atom. The van der Waals surface area contributed by atoms with E-state index in [2.05, 4.69) is 4.99 Å². The highest BCUT2D eigenvalue weighted by molar-refractivity contribution is 7.87. The van der Waals surface area contributed by atoms with Gasteiger partial charge in [-0.25, -0.2) is 9.79 Å². The number of nitrogens with zero attached hydrogens (tertiary/aromatic N) is 1. The molecule has 6 nitrogen and oxygen atoms in total. The van der Waals surface area contributed by atoms with Gasteiger partial charge in [0.25, 0.3) is 10.1 Å². The maximum Gasteiger partial charge on any atom is 0.342 e. The fourth-order valence-electron chi connectivity index (χ4n) is 0.483. The van der Waals surface area contributed by atoms with Crippen LogP contribution in [-0.4, -0.2) is 30.6 Å². The summed E-state index contributed by atoms with van der Waals surface area (Å²) in [7, 11) is -4.22. The number of urea groups is 1. The minimum absolute atomic E-state index is 0.761. The maximum atomic E-state index is 10.2. The van der Waals surface area contributed by atoms with E-state index in [9.17, 15) is 13.2 Å². The molecule has 0 saturated carbocycles. The van der Waals surface area contributed by atoms with Crippen LogP contribution in [-0.2, 0) is 10.1 Å². The Bertz CT molecular complexity index is 279. The lowest BCUT2D eigenvalue weighted by molar-refractivity contribution is 0.251. The first-order chi connectivity index (χ1) is 4.50. The van der Waals surface area contributed by atoms with E-state index in [4.69, 9.17) is 4.55 Å². The summed E-state index contributed by atoms with van der Waals surface area (Å²) in [5, 5.41) is 0.520. The van der Waals surface area contributed by atoms with Crippen LogP contribution in [0, 0.1) is 0 Å². The highest BCUT2D eigenvalue weighted by Gasteiger charge is 2.26. The zero-order chi connectivity index (χ0) is 7.78. The van der Waals surface area contributed by atoms with E-state index in [1.165, 1.54) is 0 Å². The van der Waals surface area contributed by atoms with Crippen LogP contribution in [0.2, 0.25) is 0 Å². The second-order valence-corrected chi connectivity index (χ2v) is 3.20. The summed E-state index contributed by atoms with van der Waals surface area (Å²) in [6, 6.07) is -0.761. The molecule has 2 N–H and O–H groups in total. The second kappa shape index (κ2) is 2.03. The molecule has 0 bridgehead atoms. The smallest absolute Gasteiger partial charge is 0.313 e. The van der Waals surface area contributed by atoms with Crippen LogP contribution in [0.5, 0.6) is 0 Å². The van der Waals surface area contributed by atoms with Gasteiger partial charge in [0.05, 0.1) is 6.21 Å². The van der Waals surface area contributed by atoms with E-state index in [0.29, 0.717) is 0 Å². The van der Waals surface area contributed by atoms with Crippen molar-refractivity contribution in [3.63, 3.8) is 0 Å². The summed E-state index contributed by atoms with van der Waals surface area (Å²) in [5.41, 5.74) is 0. The number of hydrogen-bond acceptors (Lipinski definition) is 3. The SMILES string of the molecule is O=C1N=CC(S(=O)(=O)O)N1. The van der Waals surface area contributed by atoms with Gasteiger partial charge in [-0.3, -0.25) is 4.55 Å². The molecule has 0 aromatic heterocycles. The lowest BCUT2D eigenvalue weighted by atomic mass is 10.7. The fourth-order valence-corrected chi connectivity index (χ4v) is 0.947. The third-order valence-electron chi connectivity index (χ3n) is 0.914. The molecule has 1 rings (SSSR count). The van der Waals surface area contributed by atoms with E-state index in [0.717, 1.165) is 6.21 Å². The highest BCUT2D eigenvalue weighted by atomic mass is 32.2. The van der Waals surface area contributed by atoms with Crippen LogP contribution in [0.3, 0.4) is 0 Å². The van der Waals surface area contributed by atoms with Gasteiger partial charge >= 0.3 is 6.03 Å². The molecule has 1 unspecified atom stereocenters. The summed E-state index contributed by atoms with van der Waals surface area (Å²) >= 11 is 0. The maximum absolute atomic E-state index is 10.2. The van der Waals surface area contributed by atoms with E-state index in [1.54, 1.807) is 0 Å². The van der Waals surface area contributed by atoms with Crippen LogP contribution < -0.4 is 5.32 Å². The Balaban J connectivity index is 2.83. The molecule has 1 aliphatic rings. The van der Waals surface area contributed by atoms with Gasteiger partial charge in [0.2, 0.25) is 0 Å². The average Bonchev–Trinajstić information content (AvgIpc) is 2.11. The van der Waals surface area contributed by atoms with E-state index in [-0.39, 0.29) is 0 Å². The Hall–Kier alpha value is -0.950. The molecule has 0 saturated heterocycles. The van der Waals surface area contributed by atoms with E-state index < -0.39 is 21.5 Å². The first-order valence-electron chi connectivity index (χ1n) is 2.31. The van der Waals surface area contributed by atoms with E-state index >= 15 is 0 Å². The largest absolute Gasteiger partial charge is 0.342 e. The number of rotatable bonds is 1. The Labute approximate surface area is 56.7 Å². The Morgan fingerprint density at radius 3 is 2.50 bits per heavy atom. The first kappa shape index (κ1) is 7.16. The van der Waals surface area contributed by atoms with Crippen molar-refractivity contribution in [2.24, 2.45) is 4.99 Å². The topological polar surface area (TPSA) is 95.8 Å². The Kier molecular flexibility index (Phi) is 1.45. The van der Waals surface area contributed by atoms with Crippen LogP contribution in [0.25, 0.3) is 0 Å². The molecule has 1 aliphatic heterocycles. The van der Waals surface area contributed by atoms with Crippen molar-refractivity contribution in [1.29, 1.82) is 0 Å². The third kappa shape index (κ3) is 1.31. The molecule has 0 aliphatic carbocycles. The first-order valence-corrected chi connectivity index (χ1v) is 3.81. The predicted molar refractivity (Wildman–Crippen MR) is 32.4 cm³/mol. The molecule has 7 heteroatoms. The van der Waals surface area contributed by atoms with Gasteiger partial charge in [-0.2, -0.15) is 8.42 Å². The zero-order valence-electron chi connectivity index (χ0n) is 4.68. The summed E-state index contributed by atoms with van der Waals surface area (Å²) < 4.78 is 28.8. The van der Waals surface area contributed by atoms with Gasteiger partial charge in [0, 0.05) is 0 Å². The van der Waals surface area contributed by atoms with Crippen molar-refractivity contribution >= 4 is 22.4 Å². The van der Waals surface area contributed by atoms with Crippen molar-refractivity contribution in [2.45, 2.75) is 5.37 Å². The standard InChI is InChI=1S/C3H4N2O4S/c6-3-4-1-2(5-3)10(7,8)9/h1-2H,(H,5,6)(H,7,8,9). The predicted octanol–water partition coefficient (Wildman–Crippen LogP) is -1.01. The number of hydrogen-bond donors (Lipinski definition) is 2. The number of amides is 2. The summed E-state index contributed by atoms with van der Waals surface area (Å²) in [5.74, 6) is 0. The number of carbonyl (C=O) groups is 1. The van der Waals surface area contributed by atoms with E-state index in [1.807, 2.05) is 5.32 Å². The highest BCUT2D eigenvalue weighted by Crippen LogP contribution is 1.97. The van der Waals surface area contributed by atoms with Crippen molar-refractivity contribution in [2.75, 3.05) is 0 Å². The number of carbonyl (C=O) groups excluding carboxylic acids is 1. The molecule has 0 aromatic carbocycles. The minimum atomic E-state index is -4.22. The molecule has 10 heavy (non-hydrogen) atoms. The van der Waals surface area contributed by atoms with Gasteiger partial charge in [-0.1, -0.05) is 0 Å². The van der Waals surface area contributed by atoms with Crippen molar-refractivity contribution in [1.82, 2.24) is 5.32 Å². The molecule has 0 radical (unpaired) electrons. The molecular formula is C3H4N2O4S. The lowest BCUT2D eigenvalue weighted by Gasteiger charge is -2.00. The van der Waals surface area contributed by atoms with Gasteiger partial charge < -0.3 is 5.32 Å². The number of nitrogens with one attached hydrogen (secondary N) is 1. The van der Waals surface area contributed by atoms with Crippen LogP contribution >= 0.6 is 0 Å². The summed E-state index contributed by atoms with van der Waals surface area (Å²) in [6.45, 7) is 0. The van der Waals surface area contributed by atoms with Crippen LogP contribution in [0.4, 0.5) is 4.79 Å². The second-order valence-electron chi connectivity index (χ2n) is 1.66. The normalized spacial score (nSPS) is 24.9. The molecule has 1 atom stereocenters. The molecule has 0 spiro atoms. The van der Waals surface area contributed by atoms with Crippen molar-refractivity contribution in [3.05, 3.63) is 0 Å². The Morgan fingerprint density at radius 1 is 1.70 bits per heavy atom.